The molecule has 3 aromatic rings. The number of aliphatic imine (C=N–C) groups is 1. The zero-order valence-corrected chi connectivity index (χ0v) is 15.7. The lowest BCUT2D eigenvalue weighted by Gasteiger charge is -2.29. The lowest BCUT2D eigenvalue weighted by atomic mass is 10.1. The van der Waals surface area contributed by atoms with Crippen molar-refractivity contribution in [2.45, 2.75) is 0 Å². The maximum Gasteiger partial charge on any atom is 0.363 e. The molecule has 0 saturated carbocycles. The van der Waals surface area contributed by atoms with Crippen molar-refractivity contribution in [1.82, 2.24) is 4.98 Å². The van der Waals surface area contributed by atoms with E-state index in [1.165, 1.54) is 0 Å². The maximum absolute atomic E-state index is 12.5. The average molecular weight is 385 g/mol. The molecule has 1 aromatic heterocycles. The van der Waals surface area contributed by atoms with Crippen LogP contribution in [0.2, 0.25) is 0 Å². The number of aromatic nitrogens is 1. The lowest BCUT2D eigenvalue weighted by molar-refractivity contribution is -0.129. The number of rotatable bonds is 3. The van der Waals surface area contributed by atoms with E-state index in [9.17, 15) is 4.79 Å². The van der Waals surface area contributed by atoms with E-state index in [4.69, 9.17) is 14.5 Å². The lowest BCUT2D eigenvalue weighted by Crippen LogP contribution is -2.37. The topological polar surface area (TPSA) is 64.0 Å². The first kappa shape index (κ1) is 17.6. The summed E-state index contributed by atoms with van der Waals surface area (Å²) in [6, 6.07) is 19.4. The molecule has 0 atom stereocenters. The van der Waals surface area contributed by atoms with Crippen molar-refractivity contribution >= 4 is 34.7 Å². The molecule has 29 heavy (non-hydrogen) atoms. The number of esters is 1. The SMILES string of the molecule is O=C1OC(c2ccccc2)=N/C1=C/c1cc2ccccc2nc1N1CCOCC1. The summed E-state index contributed by atoms with van der Waals surface area (Å²) < 4.78 is 10.9. The van der Waals surface area contributed by atoms with Crippen LogP contribution in [0.3, 0.4) is 0 Å². The number of hydrogen-bond donors (Lipinski definition) is 0. The van der Waals surface area contributed by atoms with E-state index < -0.39 is 5.97 Å². The Kier molecular flexibility index (Phi) is 4.54. The number of carbonyl (C=O) groups is 1. The number of para-hydroxylation sites is 1. The van der Waals surface area contributed by atoms with Gasteiger partial charge in [-0.3, -0.25) is 0 Å². The normalized spacial score (nSPS) is 18.2. The van der Waals surface area contributed by atoms with Gasteiger partial charge in [-0.25, -0.2) is 14.8 Å². The first-order valence-corrected chi connectivity index (χ1v) is 9.58. The molecule has 2 aliphatic heterocycles. The highest BCUT2D eigenvalue weighted by Crippen LogP contribution is 2.28. The Morgan fingerprint density at radius 1 is 0.966 bits per heavy atom. The Bertz CT molecular complexity index is 1130. The van der Waals surface area contributed by atoms with E-state index in [0.29, 0.717) is 19.1 Å². The van der Waals surface area contributed by atoms with E-state index in [1.807, 2.05) is 60.7 Å². The zero-order chi connectivity index (χ0) is 19.6. The van der Waals surface area contributed by atoms with Gasteiger partial charge in [-0.15, -0.1) is 0 Å². The van der Waals surface area contributed by atoms with Gasteiger partial charge in [-0.05, 0) is 30.3 Å². The summed E-state index contributed by atoms with van der Waals surface area (Å²) >= 11 is 0. The van der Waals surface area contributed by atoms with E-state index in [-0.39, 0.29) is 5.70 Å². The second-order valence-electron chi connectivity index (χ2n) is 6.90. The molecule has 0 amide bonds. The molecule has 3 heterocycles. The smallest absolute Gasteiger partial charge is 0.363 e. The van der Waals surface area contributed by atoms with E-state index >= 15 is 0 Å². The van der Waals surface area contributed by atoms with Crippen LogP contribution < -0.4 is 4.90 Å². The van der Waals surface area contributed by atoms with Gasteiger partial charge < -0.3 is 14.4 Å². The van der Waals surface area contributed by atoms with Gasteiger partial charge in [0, 0.05) is 29.6 Å². The number of ether oxygens (including phenoxy) is 2. The number of pyridine rings is 1. The summed E-state index contributed by atoms with van der Waals surface area (Å²) in [5, 5.41) is 1.01. The van der Waals surface area contributed by atoms with Crippen molar-refractivity contribution in [1.29, 1.82) is 0 Å². The van der Waals surface area contributed by atoms with Crippen LogP contribution in [0.5, 0.6) is 0 Å². The number of cyclic esters (lactones) is 1. The van der Waals surface area contributed by atoms with Crippen molar-refractivity contribution in [3.63, 3.8) is 0 Å². The fraction of sp³-hybridized carbons (Fsp3) is 0.174. The third kappa shape index (κ3) is 3.50. The summed E-state index contributed by atoms with van der Waals surface area (Å²) in [5.74, 6) is 0.698. The Hall–Kier alpha value is -3.51. The molecule has 6 nitrogen and oxygen atoms in total. The standard InChI is InChI=1S/C23H19N3O3/c27-23-20(25-22(29-23)16-6-2-1-3-7-16)15-18-14-17-8-4-5-9-19(17)24-21(18)26-10-12-28-13-11-26/h1-9,14-15H,10-13H2/b20-15+. The second kappa shape index (κ2) is 7.48. The molecule has 2 aromatic carbocycles. The van der Waals surface area contributed by atoms with Gasteiger partial charge in [0.15, 0.2) is 5.70 Å². The van der Waals surface area contributed by atoms with Gasteiger partial charge in [-0.2, -0.15) is 0 Å². The molecule has 2 aliphatic rings. The summed E-state index contributed by atoms with van der Waals surface area (Å²) in [6.45, 7) is 2.82. The van der Waals surface area contributed by atoms with Crippen LogP contribution in [0.25, 0.3) is 17.0 Å². The van der Waals surface area contributed by atoms with Gasteiger partial charge >= 0.3 is 5.97 Å². The van der Waals surface area contributed by atoms with Crippen LogP contribution in [0.1, 0.15) is 11.1 Å². The largest absolute Gasteiger partial charge is 0.402 e. The maximum atomic E-state index is 12.5. The number of fused-ring (bicyclic) bond motifs is 1. The highest BCUT2D eigenvalue weighted by Gasteiger charge is 2.25. The predicted molar refractivity (Wildman–Crippen MR) is 112 cm³/mol. The molecule has 5 rings (SSSR count). The van der Waals surface area contributed by atoms with Crippen LogP contribution >= 0.6 is 0 Å². The Morgan fingerprint density at radius 2 is 1.72 bits per heavy atom. The van der Waals surface area contributed by atoms with Crippen molar-refractivity contribution < 1.29 is 14.3 Å². The summed E-state index contributed by atoms with van der Waals surface area (Å²) in [5.41, 5.74) is 2.80. The zero-order valence-electron chi connectivity index (χ0n) is 15.7. The van der Waals surface area contributed by atoms with Crippen LogP contribution in [0.15, 0.2) is 71.4 Å². The van der Waals surface area contributed by atoms with Gasteiger partial charge in [0.05, 0.1) is 18.7 Å². The predicted octanol–water partition coefficient (Wildman–Crippen LogP) is 3.42. The molecule has 144 valence electrons. The molecule has 6 heteroatoms. The van der Waals surface area contributed by atoms with E-state index in [2.05, 4.69) is 9.89 Å². The summed E-state index contributed by atoms with van der Waals surface area (Å²) in [4.78, 5) is 23.9. The minimum absolute atomic E-state index is 0.274. The molecule has 0 radical (unpaired) electrons. The van der Waals surface area contributed by atoms with E-state index in [1.54, 1.807) is 6.08 Å². The van der Waals surface area contributed by atoms with E-state index in [0.717, 1.165) is 40.9 Å². The molecule has 0 unspecified atom stereocenters. The van der Waals surface area contributed by atoms with Crippen LogP contribution in [-0.4, -0.2) is 43.2 Å². The molecule has 0 aliphatic carbocycles. The number of hydrogen-bond acceptors (Lipinski definition) is 6. The molecule has 0 N–H and O–H groups in total. The first-order valence-electron chi connectivity index (χ1n) is 9.58. The number of benzene rings is 2. The fourth-order valence-electron chi connectivity index (χ4n) is 3.52. The Morgan fingerprint density at radius 3 is 2.55 bits per heavy atom. The second-order valence-corrected chi connectivity index (χ2v) is 6.90. The van der Waals surface area contributed by atoms with Gasteiger partial charge in [-0.1, -0.05) is 36.4 Å². The third-order valence-electron chi connectivity index (χ3n) is 4.98. The quantitative estimate of drug-likeness (QED) is 0.511. The van der Waals surface area contributed by atoms with Gasteiger partial charge in [0.25, 0.3) is 0 Å². The molecule has 1 fully saturated rings. The monoisotopic (exact) mass is 385 g/mol. The molecule has 0 spiro atoms. The van der Waals surface area contributed by atoms with Crippen molar-refractivity contribution in [2.75, 3.05) is 31.2 Å². The number of carbonyl (C=O) groups excluding carboxylic acids is 1. The minimum Gasteiger partial charge on any atom is -0.402 e. The van der Waals surface area contributed by atoms with Crippen molar-refractivity contribution in [2.24, 2.45) is 4.99 Å². The number of anilines is 1. The first-order chi connectivity index (χ1) is 14.3. The summed E-state index contributed by atoms with van der Waals surface area (Å²) in [6.07, 6.45) is 1.77. The molecule has 0 bridgehead atoms. The third-order valence-corrected chi connectivity index (χ3v) is 4.98. The fourth-order valence-corrected chi connectivity index (χ4v) is 3.52. The minimum atomic E-state index is -0.454. The van der Waals surface area contributed by atoms with Crippen LogP contribution in [-0.2, 0) is 14.3 Å². The van der Waals surface area contributed by atoms with Crippen molar-refractivity contribution in [3.05, 3.63) is 77.5 Å². The molecular formula is C23H19N3O3. The molecule has 1 saturated heterocycles. The van der Waals surface area contributed by atoms with Gasteiger partial charge in [0.2, 0.25) is 5.90 Å². The molecular weight excluding hydrogens is 366 g/mol. The number of morpholine rings is 1. The van der Waals surface area contributed by atoms with Crippen molar-refractivity contribution in [3.8, 4) is 0 Å². The number of nitrogens with zero attached hydrogens (tertiary/aromatic N) is 3. The highest BCUT2D eigenvalue weighted by atomic mass is 16.6. The van der Waals surface area contributed by atoms with Crippen LogP contribution in [0.4, 0.5) is 5.82 Å². The summed E-state index contributed by atoms with van der Waals surface area (Å²) in [7, 11) is 0. The Labute approximate surface area is 168 Å². The highest BCUT2D eigenvalue weighted by molar-refractivity contribution is 6.13. The van der Waals surface area contributed by atoms with Gasteiger partial charge in [0.1, 0.15) is 5.82 Å². The average Bonchev–Trinajstić information content (AvgIpc) is 3.15. The Balaban J connectivity index is 1.60. The van der Waals surface area contributed by atoms with Crippen LogP contribution in [0, 0.1) is 0 Å².